The van der Waals surface area contributed by atoms with Crippen LogP contribution in [0.3, 0.4) is 0 Å². The Morgan fingerprint density at radius 3 is 2.77 bits per heavy atom. The number of hydrogen-bond donors (Lipinski definition) is 1. The van der Waals surface area contributed by atoms with Gasteiger partial charge in [0.2, 0.25) is 0 Å². The van der Waals surface area contributed by atoms with Crippen molar-refractivity contribution in [2.24, 2.45) is 0 Å². The van der Waals surface area contributed by atoms with E-state index in [1.54, 1.807) is 6.20 Å². The Hall–Kier alpha value is -4.33. The van der Waals surface area contributed by atoms with Crippen molar-refractivity contribution in [3.63, 3.8) is 0 Å². The third-order valence-electron chi connectivity index (χ3n) is 6.62. The summed E-state index contributed by atoms with van der Waals surface area (Å²) in [6.45, 7) is 0.916. The number of aromatic nitrogens is 2. The number of urea groups is 1. The maximum Gasteiger partial charge on any atom is 0.329 e. The Kier molecular flexibility index (Phi) is 5.13. The molecule has 0 radical (unpaired) electrons. The molecular weight excluding hydrogens is 440 g/mol. The van der Waals surface area contributed by atoms with Crippen LogP contribution in [0.5, 0.6) is 0 Å². The first-order valence-electron chi connectivity index (χ1n) is 11.7. The molecule has 0 bridgehead atoms. The summed E-state index contributed by atoms with van der Waals surface area (Å²) in [5, 5.41) is 3.07. The van der Waals surface area contributed by atoms with Crippen LogP contribution in [-0.2, 0) is 0 Å². The van der Waals surface area contributed by atoms with Crippen LogP contribution in [-0.4, -0.2) is 42.8 Å². The number of amides is 2. The minimum atomic E-state index is -0.193. The third-order valence-corrected chi connectivity index (χ3v) is 6.62. The average Bonchev–Trinajstić information content (AvgIpc) is 3.62. The quantitative estimate of drug-likeness (QED) is 0.431. The molecule has 1 atom stereocenters. The van der Waals surface area contributed by atoms with Crippen molar-refractivity contribution in [3.05, 3.63) is 73.3 Å². The van der Waals surface area contributed by atoms with E-state index in [0.29, 0.717) is 17.3 Å². The Morgan fingerprint density at radius 1 is 1.09 bits per heavy atom. The Bertz CT molecular complexity index is 1380. The van der Waals surface area contributed by atoms with Crippen LogP contribution in [0.2, 0.25) is 0 Å². The molecule has 0 saturated carbocycles. The summed E-state index contributed by atoms with van der Waals surface area (Å²) in [5.41, 5.74) is 5.52. The Morgan fingerprint density at radius 2 is 1.94 bits per heavy atom. The summed E-state index contributed by atoms with van der Waals surface area (Å²) in [5.74, 6) is 1.35. The second-order valence-corrected chi connectivity index (χ2v) is 9.05. The monoisotopic (exact) mass is 466 g/mol. The number of anilines is 4. The number of hydrogen-bond acceptors (Lipinski definition) is 6. The van der Waals surface area contributed by atoms with Crippen molar-refractivity contribution in [1.82, 2.24) is 9.97 Å². The topological polar surface area (TPSA) is 77.7 Å². The molecule has 0 aliphatic carbocycles. The lowest BCUT2D eigenvalue weighted by Gasteiger charge is -2.25. The second kappa shape index (κ2) is 8.47. The van der Waals surface area contributed by atoms with Gasteiger partial charge in [0.15, 0.2) is 18.0 Å². The van der Waals surface area contributed by atoms with Gasteiger partial charge in [0.1, 0.15) is 6.17 Å². The van der Waals surface area contributed by atoms with Gasteiger partial charge in [0.05, 0.1) is 17.6 Å². The van der Waals surface area contributed by atoms with Gasteiger partial charge in [-0.05, 0) is 49.2 Å². The highest BCUT2D eigenvalue weighted by atomic mass is 16.3. The van der Waals surface area contributed by atoms with E-state index in [2.05, 4.69) is 44.4 Å². The highest BCUT2D eigenvalue weighted by molar-refractivity contribution is 6.06. The number of rotatable bonds is 4. The summed E-state index contributed by atoms with van der Waals surface area (Å²) in [4.78, 5) is 28.8. The van der Waals surface area contributed by atoms with Crippen molar-refractivity contribution in [2.75, 3.05) is 40.7 Å². The number of fused-ring (bicyclic) bond motifs is 3. The SMILES string of the molecule is CN(C)c1cccc(-c2ccc3c(n2)N(C(=O)Nc2cccc(-c4cnco4)c2)[C@@H]2CCCN32)c1. The molecule has 35 heavy (non-hydrogen) atoms. The molecular formula is C27H26N6O2. The van der Waals surface area contributed by atoms with Crippen molar-refractivity contribution in [3.8, 4) is 22.6 Å². The van der Waals surface area contributed by atoms with Crippen LogP contribution in [0.25, 0.3) is 22.6 Å². The zero-order valence-corrected chi connectivity index (χ0v) is 19.7. The largest absolute Gasteiger partial charge is 0.444 e. The molecule has 4 aromatic rings. The highest BCUT2D eigenvalue weighted by Gasteiger charge is 2.43. The van der Waals surface area contributed by atoms with E-state index < -0.39 is 0 Å². The lowest BCUT2D eigenvalue weighted by Crippen LogP contribution is -2.45. The predicted octanol–water partition coefficient (Wildman–Crippen LogP) is 5.45. The van der Waals surface area contributed by atoms with Crippen molar-refractivity contribution >= 4 is 28.9 Å². The van der Waals surface area contributed by atoms with Crippen molar-refractivity contribution in [2.45, 2.75) is 19.0 Å². The smallest absolute Gasteiger partial charge is 0.329 e. The molecule has 6 rings (SSSR count). The fourth-order valence-corrected chi connectivity index (χ4v) is 4.91. The molecule has 2 aromatic heterocycles. The van der Waals surface area contributed by atoms with Crippen LogP contribution in [0.15, 0.2) is 77.7 Å². The number of nitrogens with zero attached hydrogens (tertiary/aromatic N) is 5. The van der Waals surface area contributed by atoms with Gasteiger partial charge >= 0.3 is 6.03 Å². The van der Waals surface area contributed by atoms with Gasteiger partial charge in [0, 0.05) is 43.1 Å². The molecule has 2 aliphatic rings. The standard InChI is InChI=1S/C27H26N6O2/c1-31(2)21-9-4-6-18(15-21)22-11-12-23-26(30-22)33(25-10-5-13-32(23)25)27(34)29-20-8-3-7-19(14-20)24-16-28-17-35-24/h3-4,6-9,11-12,14-17,25H,5,10,13H2,1-2H3,(H,29,34)/t25-/m1/s1. The Balaban J connectivity index is 1.33. The fourth-order valence-electron chi connectivity index (χ4n) is 4.91. The number of pyridine rings is 1. The van der Waals surface area contributed by atoms with E-state index in [4.69, 9.17) is 9.40 Å². The summed E-state index contributed by atoms with van der Waals surface area (Å²) in [7, 11) is 4.04. The maximum absolute atomic E-state index is 13.6. The summed E-state index contributed by atoms with van der Waals surface area (Å²) >= 11 is 0. The highest BCUT2D eigenvalue weighted by Crippen LogP contribution is 2.44. The lowest BCUT2D eigenvalue weighted by molar-refractivity contribution is 0.255. The van der Waals surface area contributed by atoms with Gasteiger partial charge in [-0.25, -0.2) is 14.8 Å². The van der Waals surface area contributed by atoms with E-state index in [9.17, 15) is 4.79 Å². The van der Waals surface area contributed by atoms with Crippen LogP contribution < -0.4 is 20.0 Å². The van der Waals surface area contributed by atoms with Crippen LogP contribution in [0.1, 0.15) is 12.8 Å². The van der Waals surface area contributed by atoms with E-state index in [0.717, 1.165) is 47.6 Å². The average molecular weight is 467 g/mol. The molecule has 1 fully saturated rings. The second-order valence-electron chi connectivity index (χ2n) is 9.05. The molecule has 2 amide bonds. The van der Waals surface area contributed by atoms with Gasteiger partial charge in [-0.15, -0.1) is 0 Å². The summed E-state index contributed by atoms with van der Waals surface area (Å²) in [6.07, 6.45) is 4.98. The third kappa shape index (κ3) is 3.77. The fraction of sp³-hybridized carbons (Fsp3) is 0.222. The maximum atomic E-state index is 13.6. The number of carbonyl (C=O) groups excluding carboxylic acids is 1. The molecule has 1 N–H and O–H groups in total. The molecule has 2 aromatic carbocycles. The lowest BCUT2D eigenvalue weighted by atomic mass is 10.1. The van der Waals surface area contributed by atoms with Crippen LogP contribution >= 0.6 is 0 Å². The molecule has 8 nitrogen and oxygen atoms in total. The van der Waals surface area contributed by atoms with Gasteiger partial charge in [-0.3, -0.25) is 4.90 Å². The number of benzene rings is 2. The van der Waals surface area contributed by atoms with Crippen LogP contribution in [0, 0.1) is 0 Å². The molecule has 176 valence electrons. The first-order valence-corrected chi connectivity index (χ1v) is 11.7. The molecule has 0 unspecified atom stereocenters. The summed E-state index contributed by atoms with van der Waals surface area (Å²) < 4.78 is 5.41. The number of carbonyl (C=O) groups is 1. The molecule has 1 saturated heterocycles. The molecule has 0 spiro atoms. The first kappa shape index (κ1) is 21.2. The van der Waals surface area contributed by atoms with E-state index in [1.165, 1.54) is 6.39 Å². The summed E-state index contributed by atoms with van der Waals surface area (Å²) in [6, 6.07) is 19.8. The van der Waals surface area contributed by atoms with Gasteiger partial charge in [0.25, 0.3) is 0 Å². The van der Waals surface area contributed by atoms with Gasteiger partial charge in [-0.1, -0.05) is 24.3 Å². The first-order chi connectivity index (χ1) is 17.1. The normalized spacial score (nSPS) is 16.2. The number of oxazole rings is 1. The molecule has 2 aliphatic heterocycles. The zero-order valence-electron chi connectivity index (χ0n) is 19.7. The van der Waals surface area contributed by atoms with Gasteiger partial charge < -0.3 is 19.5 Å². The van der Waals surface area contributed by atoms with E-state index in [1.807, 2.05) is 55.4 Å². The van der Waals surface area contributed by atoms with Crippen LogP contribution in [0.4, 0.5) is 27.7 Å². The molecule has 8 heteroatoms. The minimum absolute atomic E-state index is 0.0293. The zero-order chi connectivity index (χ0) is 23.9. The van der Waals surface area contributed by atoms with Crippen molar-refractivity contribution < 1.29 is 9.21 Å². The number of nitrogens with one attached hydrogen (secondary N) is 1. The van der Waals surface area contributed by atoms with Crippen molar-refractivity contribution in [1.29, 1.82) is 0 Å². The van der Waals surface area contributed by atoms with E-state index in [-0.39, 0.29) is 12.2 Å². The molecule has 4 heterocycles. The Labute approximate surface area is 203 Å². The predicted molar refractivity (Wildman–Crippen MR) is 138 cm³/mol. The minimum Gasteiger partial charge on any atom is -0.444 e. The van der Waals surface area contributed by atoms with E-state index >= 15 is 0 Å². The van der Waals surface area contributed by atoms with Gasteiger partial charge in [-0.2, -0.15) is 0 Å².